The summed E-state index contributed by atoms with van der Waals surface area (Å²) >= 11 is 5.60. The molecule has 2 rings (SSSR count). The van der Waals surface area contributed by atoms with E-state index in [1.165, 1.54) is 0 Å². The Morgan fingerprint density at radius 3 is 2.69 bits per heavy atom. The van der Waals surface area contributed by atoms with E-state index in [2.05, 4.69) is 15.3 Å². The van der Waals surface area contributed by atoms with E-state index in [4.69, 9.17) is 11.6 Å². The first kappa shape index (κ1) is 11.1. The minimum Gasteiger partial charge on any atom is -0.331 e. The highest BCUT2D eigenvalue weighted by atomic mass is 35.5. The van der Waals surface area contributed by atoms with E-state index in [0.717, 1.165) is 6.42 Å². The van der Waals surface area contributed by atoms with E-state index < -0.39 is 0 Å². The third-order valence-corrected chi connectivity index (χ3v) is 3.05. The predicted molar refractivity (Wildman–Crippen MR) is 61.6 cm³/mol. The second-order valence-electron chi connectivity index (χ2n) is 4.14. The number of carbonyl (C=O) groups excluding carboxylic acids is 1. The molecule has 2 amide bonds. The maximum Gasteiger partial charge on any atom is 0.322 e. The maximum absolute atomic E-state index is 11.8. The lowest BCUT2D eigenvalue weighted by atomic mass is 10.0. The van der Waals surface area contributed by atoms with Crippen LogP contribution in [0.3, 0.4) is 0 Å². The molecule has 0 radical (unpaired) electrons. The van der Waals surface area contributed by atoms with Gasteiger partial charge in [-0.15, -0.1) is 0 Å². The van der Waals surface area contributed by atoms with Gasteiger partial charge in [0.1, 0.15) is 0 Å². The molecule has 1 fully saturated rings. The summed E-state index contributed by atoms with van der Waals surface area (Å²) in [7, 11) is 0. The van der Waals surface area contributed by atoms with Gasteiger partial charge < -0.3 is 5.32 Å². The average Bonchev–Trinajstić information content (AvgIpc) is 2.57. The van der Waals surface area contributed by atoms with Gasteiger partial charge in [0, 0.05) is 0 Å². The Bertz CT molecular complexity index is 408. The van der Waals surface area contributed by atoms with Crippen molar-refractivity contribution in [1.82, 2.24) is 15.3 Å². The summed E-state index contributed by atoms with van der Waals surface area (Å²) in [6, 6.07) is -0.115. The largest absolute Gasteiger partial charge is 0.331 e. The topological polar surface area (TPSA) is 58.1 Å². The number of carbonyl (C=O) groups is 1. The fraction of sp³-hybridized carbons (Fsp3) is 0.500. The van der Waals surface area contributed by atoms with Gasteiger partial charge in [0.15, 0.2) is 0 Å². The number of halogens is 1. The molecule has 1 atom stereocenters. The van der Waals surface area contributed by atoms with E-state index >= 15 is 0 Å². The van der Waals surface area contributed by atoms with Crippen LogP contribution in [0.2, 0.25) is 5.28 Å². The third kappa shape index (κ3) is 1.95. The highest BCUT2D eigenvalue weighted by Gasteiger charge is 2.38. The molecule has 1 aromatic heterocycles. The molecule has 0 aromatic carbocycles. The number of nitrogens with zero attached hydrogens (tertiary/aromatic N) is 3. The lowest BCUT2D eigenvalue weighted by molar-refractivity contribution is 0.247. The Hall–Kier alpha value is -1.36. The van der Waals surface area contributed by atoms with Crippen molar-refractivity contribution < 1.29 is 4.79 Å². The molecule has 1 aliphatic heterocycles. The molecule has 0 spiro atoms. The van der Waals surface area contributed by atoms with Crippen molar-refractivity contribution in [2.75, 3.05) is 11.4 Å². The van der Waals surface area contributed by atoms with E-state index in [1.54, 1.807) is 17.3 Å². The predicted octanol–water partition coefficient (Wildman–Crippen LogP) is 1.83. The Balaban J connectivity index is 2.23. The number of nitrogens with one attached hydrogen (secondary N) is 1. The summed E-state index contributed by atoms with van der Waals surface area (Å²) in [4.78, 5) is 21.1. The average molecular weight is 241 g/mol. The molecular weight excluding hydrogens is 228 g/mol. The Kier molecular flexibility index (Phi) is 2.71. The zero-order valence-corrected chi connectivity index (χ0v) is 9.95. The number of hydrogen-bond acceptors (Lipinski definition) is 3. The van der Waals surface area contributed by atoms with Crippen LogP contribution in [0.15, 0.2) is 12.4 Å². The van der Waals surface area contributed by atoms with Crippen LogP contribution < -0.4 is 10.2 Å². The second kappa shape index (κ2) is 3.90. The number of hydrogen-bond donors (Lipinski definition) is 1. The van der Waals surface area contributed by atoms with Crippen molar-refractivity contribution in [2.45, 2.75) is 25.8 Å². The molecule has 86 valence electrons. The summed E-state index contributed by atoms with van der Waals surface area (Å²) in [5.41, 5.74) is 0.482. The van der Waals surface area contributed by atoms with Crippen molar-refractivity contribution in [3.63, 3.8) is 0 Å². The molecule has 1 saturated heterocycles. The number of aromatic nitrogens is 2. The van der Waals surface area contributed by atoms with Crippen LogP contribution in [0.1, 0.15) is 20.3 Å². The molecule has 2 heterocycles. The quantitative estimate of drug-likeness (QED) is 0.803. The second-order valence-corrected chi connectivity index (χ2v) is 4.48. The van der Waals surface area contributed by atoms with E-state index in [0.29, 0.717) is 12.2 Å². The minimum absolute atomic E-state index is 0.115. The molecule has 1 aromatic rings. The Morgan fingerprint density at radius 2 is 2.19 bits per heavy atom. The van der Waals surface area contributed by atoms with Crippen molar-refractivity contribution >= 4 is 23.3 Å². The molecule has 0 unspecified atom stereocenters. The van der Waals surface area contributed by atoms with Gasteiger partial charge in [-0.05, 0) is 24.9 Å². The standard InChI is InChI=1S/C10H13ClN4O/c1-3-10(2)6-15(9(16)14-10)7-4-12-8(11)13-5-7/h4-5H,3,6H2,1-2H3,(H,14,16)/t10-/m1/s1. The SMILES string of the molecule is CC[C@]1(C)CN(c2cnc(Cl)nc2)C(=O)N1. The monoisotopic (exact) mass is 240 g/mol. The van der Waals surface area contributed by atoms with Gasteiger partial charge in [0.25, 0.3) is 0 Å². The van der Waals surface area contributed by atoms with Crippen LogP contribution in [0.5, 0.6) is 0 Å². The molecule has 0 aliphatic carbocycles. The van der Waals surface area contributed by atoms with E-state index in [9.17, 15) is 4.79 Å². The summed E-state index contributed by atoms with van der Waals surface area (Å²) in [6.45, 7) is 4.68. The molecule has 0 bridgehead atoms. The van der Waals surface area contributed by atoms with Crippen LogP contribution in [0.25, 0.3) is 0 Å². The first-order chi connectivity index (χ1) is 7.54. The van der Waals surface area contributed by atoms with Crippen molar-refractivity contribution in [2.24, 2.45) is 0 Å². The Labute approximate surface area is 98.8 Å². The van der Waals surface area contributed by atoms with Gasteiger partial charge in [-0.25, -0.2) is 14.8 Å². The van der Waals surface area contributed by atoms with Crippen molar-refractivity contribution in [1.29, 1.82) is 0 Å². The summed E-state index contributed by atoms with van der Waals surface area (Å²) in [6.07, 6.45) is 3.98. The molecule has 6 heteroatoms. The Morgan fingerprint density at radius 1 is 1.56 bits per heavy atom. The molecule has 16 heavy (non-hydrogen) atoms. The normalized spacial score (nSPS) is 24.7. The van der Waals surface area contributed by atoms with Gasteiger partial charge >= 0.3 is 6.03 Å². The van der Waals surface area contributed by atoms with E-state index in [1.807, 2.05) is 13.8 Å². The molecular formula is C10H13ClN4O. The van der Waals surface area contributed by atoms with E-state index in [-0.39, 0.29) is 16.9 Å². The van der Waals surface area contributed by atoms with Gasteiger partial charge in [-0.3, -0.25) is 4.90 Å². The van der Waals surface area contributed by atoms with Gasteiger partial charge in [0.2, 0.25) is 5.28 Å². The summed E-state index contributed by atoms with van der Waals surface area (Å²) in [5, 5.41) is 3.12. The fourth-order valence-corrected chi connectivity index (χ4v) is 1.74. The first-order valence-corrected chi connectivity index (χ1v) is 5.49. The third-order valence-electron chi connectivity index (χ3n) is 2.86. The summed E-state index contributed by atoms with van der Waals surface area (Å²) < 4.78 is 0. The van der Waals surface area contributed by atoms with Gasteiger partial charge in [-0.2, -0.15) is 0 Å². The summed E-state index contributed by atoms with van der Waals surface area (Å²) in [5.74, 6) is 0. The fourth-order valence-electron chi connectivity index (χ4n) is 1.64. The zero-order chi connectivity index (χ0) is 11.8. The number of urea groups is 1. The van der Waals surface area contributed by atoms with Crippen LogP contribution in [-0.2, 0) is 0 Å². The van der Waals surface area contributed by atoms with Gasteiger partial charge in [0.05, 0.1) is 30.2 Å². The smallest absolute Gasteiger partial charge is 0.322 e. The molecule has 1 aliphatic rings. The number of rotatable bonds is 2. The molecule has 0 saturated carbocycles. The molecule has 1 N–H and O–H groups in total. The van der Waals surface area contributed by atoms with Crippen LogP contribution in [0, 0.1) is 0 Å². The highest BCUT2D eigenvalue weighted by molar-refractivity contribution is 6.28. The highest BCUT2D eigenvalue weighted by Crippen LogP contribution is 2.24. The number of amides is 2. The van der Waals surface area contributed by atoms with Crippen molar-refractivity contribution in [3.05, 3.63) is 17.7 Å². The first-order valence-electron chi connectivity index (χ1n) is 5.11. The maximum atomic E-state index is 11.8. The molecule has 5 nitrogen and oxygen atoms in total. The van der Waals surface area contributed by atoms with Crippen LogP contribution >= 0.6 is 11.6 Å². The number of anilines is 1. The lowest BCUT2D eigenvalue weighted by Crippen LogP contribution is -2.39. The minimum atomic E-state index is -0.184. The lowest BCUT2D eigenvalue weighted by Gasteiger charge is -2.20. The van der Waals surface area contributed by atoms with Crippen LogP contribution in [-0.4, -0.2) is 28.1 Å². The van der Waals surface area contributed by atoms with Crippen LogP contribution in [0.4, 0.5) is 10.5 Å². The van der Waals surface area contributed by atoms with Gasteiger partial charge in [-0.1, -0.05) is 6.92 Å². The van der Waals surface area contributed by atoms with Crippen molar-refractivity contribution in [3.8, 4) is 0 Å². The zero-order valence-electron chi connectivity index (χ0n) is 9.20.